The maximum absolute atomic E-state index is 12.6. The summed E-state index contributed by atoms with van der Waals surface area (Å²) in [6.45, 7) is 1.54. The lowest BCUT2D eigenvalue weighted by molar-refractivity contribution is -0.274. The number of hydrogen-bond donors (Lipinski definition) is 2. The molecular formula is C18H16ClF3N2O3. The Balaban J connectivity index is 2.19. The van der Waals surface area contributed by atoms with E-state index in [0.29, 0.717) is 5.56 Å². The van der Waals surface area contributed by atoms with E-state index >= 15 is 0 Å². The molecular weight excluding hydrogens is 385 g/mol. The van der Waals surface area contributed by atoms with Gasteiger partial charge in [-0.3, -0.25) is 9.59 Å². The predicted molar refractivity (Wildman–Crippen MR) is 94.9 cm³/mol. The summed E-state index contributed by atoms with van der Waals surface area (Å²) < 4.78 is 40.3. The van der Waals surface area contributed by atoms with E-state index < -0.39 is 24.1 Å². The number of ketones is 1. The van der Waals surface area contributed by atoms with Crippen LogP contribution in [-0.2, 0) is 11.2 Å². The average molecular weight is 401 g/mol. The molecule has 0 aromatic heterocycles. The number of anilines is 1. The standard InChI is InChI=1S/C18H16ClF3N2O3/c1-10(23)15(25)9-11-3-2-4-14(19)16(11)17(26)24-12-5-7-13(8-6-12)27-18(20,21)22/h2-8,10H,9,23H2,1H3,(H,24,26)/t10-/m0/s1. The van der Waals surface area contributed by atoms with Gasteiger partial charge in [-0.1, -0.05) is 23.7 Å². The lowest BCUT2D eigenvalue weighted by atomic mass is 9.99. The number of hydrogen-bond acceptors (Lipinski definition) is 4. The molecule has 0 saturated carbocycles. The number of carbonyl (C=O) groups is 2. The molecule has 3 N–H and O–H groups in total. The third-order valence-electron chi connectivity index (χ3n) is 3.55. The van der Waals surface area contributed by atoms with Crippen molar-refractivity contribution in [3.63, 3.8) is 0 Å². The number of Topliss-reactive ketones (excluding diaryl/α,β-unsaturated/α-hetero) is 1. The van der Waals surface area contributed by atoms with Crippen LogP contribution in [0.3, 0.4) is 0 Å². The highest BCUT2D eigenvalue weighted by atomic mass is 35.5. The van der Waals surface area contributed by atoms with Gasteiger partial charge in [0.1, 0.15) is 5.75 Å². The summed E-state index contributed by atoms with van der Waals surface area (Å²) in [5, 5.41) is 2.67. The molecule has 0 saturated heterocycles. The Morgan fingerprint density at radius 3 is 2.37 bits per heavy atom. The summed E-state index contributed by atoms with van der Waals surface area (Å²) in [6, 6.07) is 8.63. The summed E-state index contributed by atoms with van der Waals surface area (Å²) in [5.41, 5.74) is 6.29. The lowest BCUT2D eigenvalue weighted by Crippen LogP contribution is -2.29. The molecule has 27 heavy (non-hydrogen) atoms. The molecule has 2 aromatic rings. The Hall–Kier alpha value is -2.58. The summed E-state index contributed by atoms with van der Waals surface area (Å²) >= 11 is 6.10. The highest BCUT2D eigenvalue weighted by Gasteiger charge is 2.31. The number of nitrogens with two attached hydrogens (primary N) is 1. The zero-order chi connectivity index (χ0) is 20.2. The number of nitrogens with one attached hydrogen (secondary N) is 1. The molecule has 144 valence electrons. The van der Waals surface area contributed by atoms with Gasteiger partial charge in [0.2, 0.25) is 0 Å². The third kappa shape index (κ3) is 5.97. The van der Waals surface area contributed by atoms with Crippen LogP contribution >= 0.6 is 11.6 Å². The molecule has 9 heteroatoms. The second-order valence-electron chi connectivity index (χ2n) is 5.73. The topological polar surface area (TPSA) is 81.4 Å². The number of amides is 1. The third-order valence-corrected chi connectivity index (χ3v) is 3.86. The van der Waals surface area contributed by atoms with E-state index in [4.69, 9.17) is 17.3 Å². The van der Waals surface area contributed by atoms with E-state index in [1.54, 1.807) is 12.1 Å². The first-order valence-electron chi connectivity index (χ1n) is 7.79. The number of halogens is 4. The van der Waals surface area contributed by atoms with E-state index in [1.807, 2.05) is 0 Å². The van der Waals surface area contributed by atoms with Gasteiger partial charge in [-0.15, -0.1) is 13.2 Å². The molecule has 2 aromatic carbocycles. The van der Waals surface area contributed by atoms with Crippen LogP contribution in [0.15, 0.2) is 42.5 Å². The second kappa shape index (κ2) is 8.41. The number of benzene rings is 2. The molecule has 1 atom stereocenters. The van der Waals surface area contributed by atoms with E-state index in [2.05, 4.69) is 10.1 Å². The first-order chi connectivity index (χ1) is 12.6. The molecule has 0 unspecified atom stereocenters. The predicted octanol–water partition coefficient (Wildman–Crippen LogP) is 3.95. The van der Waals surface area contributed by atoms with Crippen molar-refractivity contribution in [1.29, 1.82) is 0 Å². The molecule has 0 bridgehead atoms. The highest BCUT2D eigenvalue weighted by molar-refractivity contribution is 6.34. The fourth-order valence-electron chi connectivity index (χ4n) is 2.25. The fraction of sp³-hybridized carbons (Fsp3) is 0.222. The minimum atomic E-state index is -4.80. The van der Waals surface area contributed by atoms with Crippen LogP contribution in [0.25, 0.3) is 0 Å². The zero-order valence-corrected chi connectivity index (χ0v) is 14.9. The number of rotatable bonds is 6. The number of alkyl halides is 3. The van der Waals surface area contributed by atoms with Crippen LogP contribution in [0.5, 0.6) is 5.75 Å². The Kier molecular flexibility index (Phi) is 6.45. The van der Waals surface area contributed by atoms with Crippen LogP contribution in [-0.4, -0.2) is 24.1 Å². The monoisotopic (exact) mass is 400 g/mol. The van der Waals surface area contributed by atoms with Crippen molar-refractivity contribution >= 4 is 29.0 Å². The minimum absolute atomic E-state index is 0.0701. The quantitative estimate of drug-likeness (QED) is 0.769. The first kappa shape index (κ1) is 20.7. The smallest absolute Gasteiger partial charge is 0.406 e. The Morgan fingerprint density at radius 2 is 1.81 bits per heavy atom. The van der Waals surface area contributed by atoms with Crippen molar-refractivity contribution in [3.8, 4) is 5.75 Å². The minimum Gasteiger partial charge on any atom is -0.406 e. The Labute approximate surface area is 158 Å². The van der Waals surface area contributed by atoms with Gasteiger partial charge < -0.3 is 15.8 Å². The van der Waals surface area contributed by atoms with Crippen LogP contribution < -0.4 is 15.8 Å². The van der Waals surface area contributed by atoms with E-state index in [9.17, 15) is 22.8 Å². The molecule has 0 heterocycles. The number of ether oxygens (including phenoxy) is 1. The van der Waals surface area contributed by atoms with E-state index in [0.717, 1.165) is 12.1 Å². The van der Waals surface area contributed by atoms with Gasteiger partial charge in [-0.25, -0.2) is 0 Å². The van der Waals surface area contributed by atoms with Gasteiger partial charge >= 0.3 is 6.36 Å². The molecule has 0 aliphatic carbocycles. The van der Waals surface area contributed by atoms with Crippen molar-refractivity contribution in [2.75, 3.05) is 5.32 Å². The molecule has 5 nitrogen and oxygen atoms in total. The van der Waals surface area contributed by atoms with Crippen molar-refractivity contribution in [2.24, 2.45) is 5.73 Å². The summed E-state index contributed by atoms with van der Waals surface area (Å²) in [4.78, 5) is 24.5. The second-order valence-corrected chi connectivity index (χ2v) is 6.14. The SMILES string of the molecule is C[C@H](N)C(=O)Cc1cccc(Cl)c1C(=O)Nc1ccc(OC(F)(F)F)cc1. The van der Waals surface area contributed by atoms with Gasteiger partial charge in [0.05, 0.1) is 16.6 Å². The van der Waals surface area contributed by atoms with Gasteiger partial charge in [0.15, 0.2) is 5.78 Å². The van der Waals surface area contributed by atoms with Gasteiger partial charge in [-0.2, -0.15) is 0 Å². The normalized spacial score (nSPS) is 12.4. The molecule has 0 aliphatic rings. The van der Waals surface area contributed by atoms with Crippen molar-refractivity contribution in [2.45, 2.75) is 25.7 Å². The van der Waals surface area contributed by atoms with Crippen LogP contribution in [0.4, 0.5) is 18.9 Å². The maximum Gasteiger partial charge on any atom is 0.573 e. The molecule has 0 aliphatic heterocycles. The Morgan fingerprint density at radius 1 is 1.19 bits per heavy atom. The molecule has 0 spiro atoms. The summed E-state index contributed by atoms with van der Waals surface area (Å²) in [5.74, 6) is -1.28. The molecule has 0 fully saturated rings. The maximum atomic E-state index is 12.6. The van der Waals surface area contributed by atoms with Crippen molar-refractivity contribution in [3.05, 3.63) is 58.6 Å². The highest BCUT2D eigenvalue weighted by Crippen LogP contribution is 2.26. The average Bonchev–Trinajstić information content (AvgIpc) is 2.55. The van der Waals surface area contributed by atoms with Gasteiger partial charge in [0, 0.05) is 12.1 Å². The van der Waals surface area contributed by atoms with Crippen LogP contribution in [0, 0.1) is 0 Å². The van der Waals surface area contributed by atoms with Gasteiger partial charge in [0.25, 0.3) is 5.91 Å². The largest absolute Gasteiger partial charge is 0.573 e. The molecule has 1 amide bonds. The van der Waals surface area contributed by atoms with Crippen LogP contribution in [0.2, 0.25) is 5.02 Å². The van der Waals surface area contributed by atoms with Crippen molar-refractivity contribution < 1.29 is 27.5 Å². The summed E-state index contributed by atoms with van der Waals surface area (Å²) in [7, 11) is 0. The van der Waals surface area contributed by atoms with Gasteiger partial charge in [-0.05, 0) is 42.8 Å². The molecule has 2 rings (SSSR count). The van der Waals surface area contributed by atoms with E-state index in [1.165, 1.54) is 25.1 Å². The van der Waals surface area contributed by atoms with Crippen molar-refractivity contribution in [1.82, 2.24) is 0 Å². The first-order valence-corrected chi connectivity index (χ1v) is 8.17. The van der Waals surface area contributed by atoms with Crippen LogP contribution in [0.1, 0.15) is 22.8 Å². The Bertz CT molecular complexity index is 837. The zero-order valence-electron chi connectivity index (χ0n) is 14.1. The fourth-order valence-corrected chi connectivity index (χ4v) is 2.53. The summed E-state index contributed by atoms with van der Waals surface area (Å²) in [6.07, 6.45) is -4.87. The molecule has 0 radical (unpaired) electrons. The van der Waals surface area contributed by atoms with E-state index in [-0.39, 0.29) is 28.5 Å². The lowest BCUT2D eigenvalue weighted by Gasteiger charge is -2.13. The number of carbonyl (C=O) groups excluding carboxylic acids is 2.